The van der Waals surface area contributed by atoms with E-state index in [-0.39, 0.29) is 0 Å². The molecule has 0 aliphatic carbocycles. The fourth-order valence-electron chi connectivity index (χ4n) is 2.52. The topological polar surface area (TPSA) is 29.3 Å². The predicted octanol–water partition coefficient (Wildman–Crippen LogP) is 2.90. The molecule has 1 aromatic rings. The van der Waals surface area contributed by atoms with Crippen molar-refractivity contribution in [2.24, 2.45) is 11.7 Å². The number of rotatable bonds is 2. The first-order valence-corrected chi connectivity index (χ1v) is 6.70. The number of nitrogens with two attached hydrogens (primary N) is 1. The van der Waals surface area contributed by atoms with Gasteiger partial charge >= 0.3 is 0 Å². The summed E-state index contributed by atoms with van der Waals surface area (Å²) in [6, 6.07) is 9.03. The molecule has 3 atom stereocenters. The monoisotopic (exact) mass is 252 g/mol. The summed E-state index contributed by atoms with van der Waals surface area (Å²) in [5.41, 5.74) is 7.42. The maximum absolute atomic E-state index is 6.10. The Morgan fingerprint density at radius 3 is 2.59 bits per heavy atom. The van der Waals surface area contributed by atoms with Crippen molar-refractivity contribution in [2.45, 2.75) is 38.9 Å². The van der Waals surface area contributed by atoms with Crippen LogP contribution in [0.4, 0.5) is 0 Å². The molecule has 1 fully saturated rings. The van der Waals surface area contributed by atoms with E-state index in [1.54, 1.807) is 0 Å². The van der Waals surface area contributed by atoms with Crippen LogP contribution in [0.3, 0.4) is 0 Å². The first-order chi connectivity index (χ1) is 8.08. The minimum Gasteiger partial charge on any atom is -0.327 e. The van der Waals surface area contributed by atoms with Crippen LogP contribution in [-0.2, 0) is 6.54 Å². The third kappa shape index (κ3) is 3.01. The van der Waals surface area contributed by atoms with E-state index in [1.807, 2.05) is 12.1 Å². The van der Waals surface area contributed by atoms with Crippen molar-refractivity contribution in [1.29, 1.82) is 0 Å². The minimum atomic E-state index is 0.353. The van der Waals surface area contributed by atoms with E-state index in [0.29, 0.717) is 18.0 Å². The van der Waals surface area contributed by atoms with Gasteiger partial charge in [-0.2, -0.15) is 0 Å². The van der Waals surface area contributed by atoms with Crippen molar-refractivity contribution in [1.82, 2.24) is 4.90 Å². The van der Waals surface area contributed by atoms with Crippen LogP contribution in [0.5, 0.6) is 0 Å². The van der Waals surface area contributed by atoms with Crippen LogP contribution in [0.15, 0.2) is 24.3 Å². The average Bonchev–Trinajstić information content (AvgIpc) is 2.33. The van der Waals surface area contributed by atoms with Crippen molar-refractivity contribution in [3.63, 3.8) is 0 Å². The molecule has 94 valence electrons. The lowest BCUT2D eigenvalue weighted by Gasteiger charge is -2.41. The quantitative estimate of drug-likeness (QED) is 0.877. The Balaban J connectivity index is 2.01. The maximum atomic E-state index is 6.10. The van der Waals surface area contributed by atoms with E-state index in [0.717, 1.165) is 24.5 Å². The van der Waals surface area contributed by atoms with Crippen molar-refractivity contribution >= 4 is 11.6 Å². The summed E-state index contributed by atoms with van der Waals surface area (Å²) in [5.74, 6) is 0.566. The fraction of sp³-hybridized carbons (Fsp3) is 0.571. The first-order valence-electron chi connectivity index (χ1n) is 6.32. The predicted molar refractivity (Wildman–Crippen MR) is 73.1 cm³/mol. The van der Waals surface area contributed by atoms with Crippen LogP contribution in [0.1, 0.15) is 25.8 Å². The summed E-state index contributed by atoms with van der Waals surface area (Å²) in [6.45, 7) is 6.62. The molecule has 2 rings (SSSR count). The highest BCUT2D eigenvalue weighted by Gasteiger charge is 2.29. The second-order valence-corrected chi connectivity index (χ2v) is 5.59. The molecule has 0 saturated carbocycles. The molecule has 2 N–H and O–H groups in total. The largest absolute Gasteiger partial charge is 0.327 e. The highest BCUT2D eigenvalue weighted by molar-refractivity contribution is 6.30. The summed E-state index contributed by atoms with van der Waals surface area (Å²) >= 11 is 5.90. The van der Waals surface area contributed by atoms with E-state index in [1.165, 1.54) is 5.56 Å². The maximum Gasteiger partial charge on any atom is 0.0406 e. The van der Waals surface area contributed by atoms with E-state index in [2.05, 4.69) is 30.9 Å². The number of hydrogen-bond donors (Lipinski definition) is 1. The van der Waals surface area contributed by atoms with Gasteiger partial charge in [0.15, 0.2) is 0 Å². The van der Waals surface area contributed by atoms with Gasteiger partial charge in [-0.25, -0.2) is 0 Å². The Labute approximate surface area is 109 Å². The van der Waals surface area contributed by atoms with E-state index >= 15 is 0 Å². The molecule has 3 heteroatoms. The fourth-order valence-corrected chi connectivity index (χ4v) is 2.65. The van der Waals surface area contributed by atoms with Crippen LogP contribution in [-0.4, -0.2) is 23.5 Å². The Morgan fingerprint density at radius 2 is 1.94 bits per heavy atom. The Hall–Kier alpha value is -0.570. The van der Waals surface area contributed by atoms with Crippen molar-refractivity contribution in [2.75, 3.05) is 6.54 Å². The Bertz CT molecular complexity index is 363. The molecule has 2 nitrogen and oxygen atoms in total. The normalized spacial score (nSPS) is 30.5. The second-order valence-electron chi connectivity index (χ2n) is 5.15. The number of benzene rings is 1. The van der Waals surface area contributed by atoms with Crippen molar-refractivity contribution in [3.05, 3.63) is 34.9 Å². The number of likely N-dealkylation sites (tertiary alicyclic amines) is 1. The average molecular weight is 253 g/mol. The molecule has 0 radical (unpaired) electrons. The number of halogens is 1. The SMILES string of the molecule is CC1C(N)CCN(Cc2ccc(Cl)cc2)C1C. The molecule has 1 aliphatic heterocycles. The minimum absolute atomic E-state index is 0.353. The summed E-state index contributed by atoms with van der Waals surface area (Å²) in [6.07, 6.45) is 1.10. The van der Waals surface area contributed by atoms with Gasteiger partial charge in [0.1, 0.15) is 0 Å². The van der Waals surface area contributed by atoms with Gasteiger partial charge in [-0.15, -0.1) is 0 Å². The van der Waals surface area contributed by atoms with Crippen LogP contribution in [0.25, 0.3) is 0 Å². The summed E-state index contributed by atoms with van der Waals surface area (Å²) in [4.78, 5) is 2.51. The van der Waals surface area contributed by atoms with Crippen LogP contribution < -0.4 is 5.73 Å². The van der Waals surface area contributed by atoms with E-state index in [9.17, 15) is 0 Å². The smallest absolute Gasteiger partial charge is 0.0406 e. The zero-order valence-corrected chi connectivity index (χ0v) is 11.3. The number of piperidine rings is 1. The zero-order valence-electron chi connectivity index (χ0n) is 10.6. The lowest BCUT2D eigenvalue weighted by Crippen LogP contribution is -2.51. The van der Waals surface area contributed by atoms with E-state index in [4.69, 9.17) is 17.3 Å². The third-order valence-corrected chi connectivity index (χ3v) is 4.31. The van der Waals surface area contributed by atoms with Crippen LogP contribution >= 0.6 is 11.6 Å². The lowest BCUT2D eigenvalue weighted by molar-refractivity contribution is 0.0910. The Kier molecular flexibility index (Phi) is 4.08. The molecule has 1 saturated heterocycles. The molecule has 0 amide bonds. The number of nitrogens with zero attached hydrogens (tertiary/aromatic N) is 1. The van der Waals surface area contributed by atoms with Crippen LogP contribution in [0.2, 0.25) is 5.02 Å². The summed E-state index contributed by atoms with van der Waals surface area (Å²) in [5, 5.41) is 0.802. The van der Waals surface area contributed by atoms with Gasteiger partial charge in [-0.05, 0) is 37.0 Å². The zero-order chi connectivity index (χ0) is 12.4. The van der Waals surface area contributed by atoms with Gasteiger partial charge in [0.2, 0.25) is 0 Å². The second kappa shape index (κ2) is 5.38. The summed E-state index contributed by atoms with van der Waals surface area (Å²) in [7, 11) is 0. The molecule has 1 aliphatic rings. The molecular formula is C14H21ClN2. The molecule has 1 aromatic carbocycles. The highest BCUT2D eigenvalue weighted by Crippen LogP contribution is 2.24. The van der Waals surface area contributed by atoms with Gasteiger partial charge in [0, 0.05) is 30.2 Å². The van der Waals surface area contributed by atoms with Gasteiger partial charge in [0.25, 0.3) is 0 Å². The molecule has 3 unspecified atom stereocenters. The van der Waals surface area contributed by atoms with Gasteiger partial charge < -0.3 is 5.73 Å². The lowest BCUT2D eigenvalue weighted by atomic mass is 9.87. The standard InChI is InChI=1S/C14H21ClN2/c1-10-11(2)17(8-7-14(10)16)9-12-3-5-13(15)6-4-12/h3-6,10-11,14H,7-9,16H2,1-2H3. The van der Waals surface area contributed by atoms with Gasteiger partial charge in [-0.3, -0.25) is 4.90 Å². The highest BCUT2D eigenvalue weighted by atomic mass is 35.5. The molecule has 0 aromatic heterocycles. The molecule has 0 spiro atoms. The third-order valence-electron chi connectivity index (χ3n) is 4.06. The molecule has 0 bridgehead atoms. The van der Waals surface area contributed by atoms with Gasteiger partial charge in [-0.1, -0.05) is 30.7 Å². The first kappa shape index (κ1) is 12.9. The number of hydrogen-bond acceptors (Lipinski definition) is 2. The van der Waals surface area contributed by atoms with E-state index < -0.39 is 0 Å². The van der Waals surface area contributed by atoms with Crippen molar-refractivity contribution in [3.8, 4) is 0 Å². The molecular weight excluding hydrogens is 232 g/mol. The van der Waals surface area contributed by atoms with Crippen molar-refractivity contribution < 1.29 is 0 Å². The van der Waals surface area contributed by atoms with Crippen LogP contribution in [0, 0.1) is 5.92 Å². The summed E-state index contributed by atoms with van der Waals surface area (Å²) < 4.78 is 0. The van der Waals surface area contributed by atoms with Gasteiger partial charge in [0.05, 0.1) is 0 Å². The molecule has 17 heavy (non-hydrogen) atoms. The molecule has 1 heterocycles. The Morgan fingerprint density at radius 1 is 1.29 bits per heavy atom.